The summed E-state index contributed by atoms with van der Waals surface area (Å²) >= 11 is 0. The van der Waals surface area contributed by atoms with Crippen LogP contribution in [0.1, 0.15) is 0 Å². The van der Waals surface area contributed by atoms with Crippen molar-refractivity contribution in [1.82, 2.24) is 34.9 Å². The molecule has 7 nitrogen and oxygen atoms in total. The summed E-state index contributed by atoms with van der Waals surface area (Å²) in [7, 11) is 0. The molecule has 0 aliphatic carbocycles. The molecule has 282 valence electrons. The predicted molar refractivity (Wildman–Crippen MR) is 240 cm³/mol. The highest BCUT2D eigenvalue weighted by Gasteiger charge is 2.20. The van der Waals surface area contributed by atoms with E-state index >= 15 is 0 Å². The van der Waals surface area contributed by atoms with Gasteiger partial charge in [0.25, 0.3) is 0 Å². The fourth-order valence-corrected chi connectivity index (χ4v) is 7.32. The molecule has 10 rings (SSSR count). The minimum absolute atomic E-state index is 0.577. The van der Waals surface area contributed by atoms with Crippen LogP contribution in [-0.4, -0.2) is 34.9 Å². The van der Waals surface area contributed by atoms with Gasteiger partial charge in [-0.3, -0.25) is 4.98 Å². The maximum absolute atomic E-state index is 5.13. The third kappa shape index (κ3) is 7.46. The lowest BCUT2D eigenvalue weighted by Gasteiger charge is -2.17. The average Bonchev–Trinajstić information content (AvgIpc) is 3.35. The van der Waals surface area contributed by atoms with Crippen LogP contribution in [0.2, 0.25) is 0 Å². The van der Waals surface area contributed by atoms with Crippen LogP contribution >= 0.6 is 0 Å². The molecule has 3 aromatic heterocycles. The molecule has 10 aromatic rings. The van der Waals surface area contributed by atoms with Crippen molar-refractivity contribution >= 4 is 0 Å². The van der Waals surface area contributed by atoms with Crippen LogP contribution in [0.5, 0.6) is 0 Å². The van der Waals surface area contributed by atoms with Crippen molar-refractivity contribution in [2.45, 2.75) is 0 Å². The monoisotopic (exact) mass is 769 g/mol. The van der Waals surface area contributed by atoms with E-state index in [0.29, 0.717) is 34.9 Å². The summed E-state index contributed by atoms with van der Waals surface area (Å²) in [5.41, 5.74) is 11.3. The molecule has 0 aliphatic rings. The number of rotatable bonds is 9. The first-order valence-corrected chi connectivity index (χ1v) is 19.7. The molecule has 0 bridgehead atoms. The van der Waals surface area contributed by atoms with E-state index in [9.17, 15) is 0 Å². The maximum Gasteiger partial charge on any atom is 0.164 e. The zero-order chi connectivity index (χ0) is 40.1. The third-order valence-corrected chi connectivity index (χ3v) is 10.3. The molecule has 0 spiro atoms. The fraction of sp³-hybridized carbons (Fsp3) is 0. The van der Waals surface area contributed by atoms with E-state index < -0.39 is 0 Å². The minimum atomic E-state index is 0.577. The van der Waals surface area contributed by atoms with Gasteiger partial charge in [-0.1, -0.05) is 182 Å². The summed E-state index contributed by atoms with van der Waals surface area (Å²) in [6.45, 7) is 0. The Labute approximate surface area is 347 Å². The maximum atomic E-state index is 5.13. The van der Waals surface area contributed by atoms with Gasteiger partial charge in [-0.2, -0.15) is 0 Å². The SMILES string of the molecule is c1ccc(-c2nc(-c3ccccc3)nc(-c3cccc(-c4ccc(-c5ccccn5)cc4-c4ccccc4-c4nc(-c5ccccc5)nc(-c5ccccc5)n4)c3)n2)cc1. The molecule has 0 radical (unpaired) electrons. The van der Waals surface area contributed by atoms with Gasteiger partial charge < -0.3 is 0 Å². The zero-order valence-electron chi connectivity index (χ0n) is 32.3. The molecular weight excluding hydrogens is 735 g/mol. The highest BCUT2D eigenvalue weighted by molar-refractivity contribution is 5.93. The van der Waals surface area contributed by atoms with Gasteiger partial charge >= 0.3 is 0 Å². The van der Waals surface area contributed by atoms with Crippen LogP contribution in [0, 0.1) is 0 Å². The van der Waals surface area contributed by atoms with Crippen LogP contribution in [0.15, 0.2) is 212 Å². The Morgan fingerprint density at radius 1 is 0.217 bits per heavy atom. The fourth-order valence-electron chi connectivity index (χ4n) is 7.32. The van der Waals surface area contributed by atoms with Gasteiger partial charge in [0.2, 0.25) is 0 Å². The number of aromatic nitrogens is 7. The average molecular weight is 770 g/mol. The summed E-state index contributed by atoms with van der Waals surface area (Å²) in [5, 5.41) is 0. The summed E-state index contributed by atoms with van der Waals surface area (Å²) < 4.78 is 0. The predicted octanol–water partition coefficient (Wildman–Crippen LogP) is 12.5. The first-order chi connectivity index (χ1) is 29.7. The Hall–Kier alpha value is -8.29. The van der Waals surface area contributed by atoms with Gasteiger partial charge in [-0.25, -0.2) is 29.9 Å². The van der Waals surface area contributed by atoms with Crippen molar-refractivity contribution < 1.29 is 0 Å². The number of hydrogen-bond acceptors (Lipinski definition) is 7. The normalized spacial score (nSPS) is 11.0. The molecule has 0 fully saturated rings. The standard InChI is InChI=1S/C53H35N7/c1-5-18-36(19-6-1)48-55-49(37-20-7-2-8-21-37)58-52(57-48)42-27-17-26-40(34-42)43-32-31-41(47-30-15-16-33-54-47)35-46(43)44-28-13-14-29-45(44)53-59-50(38-22-9-3-10-23-38)56-51(60-53)39-24-11-4-12-25-39/h1-35H. The lowest BCUT2D eigenvalue weighted by atomic mass is 9.89. The molecule has 0 aliphatic heterocycles. The Morgan fingerprint density at radius 2 is 0.633 bits per heavy atom. The zero-order valence-corrected chi connectivity index (χ0v) is 32.3. The second-order valence-electron chi connectivity index (χ2n) is 14.2. The topological polar surface area (TPSA) is 90.2 Å². The first kappa shape index (κ1) is 36.1. The van der Waals surface area contributed by atoms with Crippen LogP contribution in [-0.2, 0) is 0 Å². The quantitative estimate of drug-likeness (QED) is 0.144. The van der Waals surface area contributed by atoms with E-state index in [4.69, 9.17) is 34.9 Å². The van der Waals surface area contributed by atoms with Crippen molar-refractivity contribution in [1.29, 1.82) is 0 Å². The van der Waals surface area contributed by atoms with E-state index in [1.807, 2.05) is 152 Å². The van der Waals surface area contributed by atoms with Gasteiger partial charge in [-0.15, -0.1) is 0 Å². The number of hydrogen-bond donors (Lipinski definition) is 0. The molecular formula is C53H35N7. The molecule has 7 heteroatoms. The number of nitrogens with zero attached hydrogens (tertiary/aromatic N) is 7. The lowest BCUT2D eigenvalue weighted by Crippen LogP contribution is -2.01. The second kappa shape index (κ2) is 16.3. The minimum Gasteiger partial charge on any atom is -0.256 e. The van der Waals surface area contributed by atoms with Crippen LogP contribution in [0.25, 0.3) is 102 Å². The summed E-state index contributed by atoms with van der Waals surface area (Å²) in [4.78, 5) is 34.9. The van der Waals surface area contributed by atoms with Gasteiger partial charge in [-0.05, 0) is 46.5 Å². The second-order valence-corrected chi connectivity index (χ2v) is 14.2. The molecule has 7 aromatic carbocycles. The molecule has 0 atom stereocenters. The van der Waals surface area contributed by atoms with E-state index in [1.165, 1.54) is 0 Å². The third-order valence-electron chi connectivity index (χ3n) is 10.3. The van der Waals surface area contributed by atoms with Gasteiger partial charge in [0.15, 0.2) is 34.9 Å². The molecule has 0 saturated carbocycles. The van der Waals surface area contributed by atoms with Crippen LogP contribution < -0.4 is 0 Å². The summed E-state index contributed by atoms with van der Waals surface area (Å²) in [5.74, 6) is 3.59. The van der Waals surface area contributed by atoms with Crippen LogP contribution in [0.3, 0.4) is 0 Å². The van der Waals surface area contributed by atoms with E-state index in [0.717, 1.165) is 66.9 Å². The molecule has 60 heavy (non-hydrogen) atoms. The van der Waals surface area contributed by atoms with Crippen molar-refractivity contribution in [3.63, 3.8) is 0 Å². The van der Waals surface area contributed by atoms with E-state index in [-0.39, 0.29) is 0 Å². The lowest BCUT2D eigenvalue weighted by molar-refractivity contribution is 1.07. The number of benzene rings is 7. The van der Waals surface area contributed by atoms with E-state index in [2.05, 4.69) is 60.7 Å². The molecule has 3 heterocycles. The Balaban J connectivity index is 1.16. The van der Waals surface area contributed by atoms with Crippen molar-refractivity contribution in [3.05, 3.63) is 212 Å². The molecule has 0 saturated heterocycles. The van der Waals surface area contributed by atoms with Gasteiger partial charge in [0.05, 0.1) is 5.69 Å². The summed E-state index contributed by atoms with van der Waals surface area (Å²) in [6.07, 6.45) is 1.82. The smallest absolute Gasteiger partial charge is 0.164 e. The largest absolute Gasteiger partial charge is 0.256 e. The highest BCUT2D eigenvalue weighted by atomic mass is 15.0. The van der Waals surface area contributed by atoms with Crippen LogP contribution in [0.4, 0.5) is 0 Å². The first-order valence-electron chi connectivity index (χ1n) is 19.7. The van der Waals surface area contributed by atoms with E-state index in [1.54, 1.807) is 0 Å². The molecule has 0 amide bonds. The van der Waals surface area contributed by atoms with Crippen molar-refractivity contribution in [3.8, 4) is 102 Å². The van der Waals surface area contributed by atoms with Crippen molar-refractivity contribution in [2.24, 2.45) is 0 Å². The Bertz CT molecular complexity index is 2950. The Morgan fingerprint density at radius 3 is 1.13 bits per heavy atom. The Kier molecular flexibility index (Phi) is 9.79. The molecule has 0 N–H and O–H groups in total. The molecule has 0 unspecified atom stereocenters. The van der Waals surface area contributed by atoms with Gasteiger partial charge in [0.1, 0.15) is 0 Å². The summed E-state index contributed by atoms with van der Waals surface area (Å²) in [6, 6.07) is 69.4. The van der Waals surface area contributed by atoms with Gasteiger partial charge in [0, 0.05) is 45.1 Å². The van der Waals surface area contributed by atoms with Crippen molar-refractivity contribution in [2.75, 3.05) is 0 Å². The number of pyridine rings is 1. The highest BCUT2D eigenvalue weighted by Crippen LogP contribution is 2.41.